The first-order valence-electron chi connectivity index (χ1n) is 2.87. The van der Waals surface area contributed by atoms with Gasteiger partial charge in [0.1, 0.15) is 0 Å². The topological polar surface area (TPSA) is 36.8 Å². The van der Waals surface area contributed by atoms with Crippen LogP contribution in [-0.4, -0.2) is 24.3 Å². The Balaban J connectivity index is 1.80. The molecule has 1 aliphatic rings. The van der Waals surface area contributed by atoms with E-state index in [1.165, 1.54) is 12.8 Å². The standard InChI is InChI=1S/C5H11NO/c7-4-3-6-5-1-2-5/h5-7H,1-4H2/p+1. The van der Waals surface area contributed by atoms with Crippen molar-refractivity contribution < 1.29 is 10.4 Å². The van der Waals surface area contributed by atoms with E-state index in [0.717, 1.165) is 12.6 Å². The Labute approximate surface area is 43.5 Å². The number of hydrogen-bond acceptors (Lipinski definition) is 1. The summed E-state index contributed by atoms with van der Waals surface area (Å²) in [5.41, 5.74) is 0. The molecule has 0 spiro atoms. The summed E-state index contributed by atoms with van der Waals surface area (Å²) >= 11 is 0. The van der Waals surface area contributed by atoms with E-state index in [1.54, 1.807) is 0 Å². The Bertz CT molecular complexity index is 52.0. The summed E-state index contributed by atoms with van der Waals surface area (Å²) in [5, 5.41) is 10.5. The molecule has 0 atom stereocenters. The molecule has 1 aliphatic carbocycles. The first-order chi connectivity index (χ1) is 3.43. The van der Waals surface area contributed by atoms with Crippen molar-refractivity contribution in [3.8, 4) is 0 Å². The van der Waals surface area contributed by atoms with E-state index in [4.69, 9.17) is 5.11 Å². The van der Waals surface area contributed by atoms with Gasteiger partial charge < -0.3 is 10.4 Å². The average molecular weight is 102 g/mol. The number of aliphatic hydroxyl groups excluding tert-OH is 1. The van der Waals surface area contributed by atoms with Crippen LogP contribution in [0.2, 0.25) is 0 Å². The Kier molecular flexibility index (Phi) is 1.65. The molecule has 0 saturated heterocycles. The maximum atomic E-state index is 8.31. The van der Waals surface area contributed by atoms with Crippen LogP contribution in [0.5, 0.6) is 0 Å². The highest BCUT2D eigenvalue weighted by atomic mass is 16.3. The normalized spacial score (nSPS) is 20.1. The van der Waals surface area contributed by atoms with Crippen LogP contribution in [-0.2, 0) is 0 Å². The molecule has 0 aromatic rings. The average Bonchev–Trinajstić information content (AvgIpc) is 2.42. The molecule has 1 rings (SSSR count). The van der Waals surface area contributed by atoms with Crippen molar-refractivity contribution in [2.45, 2.75) is 18.9 Å². The van der Waals surface area contributed by atoms with Crippen LogP contribution in [0.4, 0.5) is 0 Å². The van der Waals surface area contributed by atoms with Crippen molar-refractivity contribution in [3.05, 3.63) is 0 Å². The Hall–Kier alpha value is -0.0800. The van der Waals surface area contributed by atoms with Gasteiger partial charge in [-0.1, -0.05) is 0 Å². The summed E-state index contributed by atoms with van der Waals surface area (Å²) in [4.78, 5) is 0. The summed E-state index contributed by atoms with van der Waals surface area (Å²) in [5.74, 6) is 0. The lowest BCUT2D eigenvalue weighted by atomic mass is 10.6. The SMILES string of the molecule is OCC[NH2+]C1CC1. The first-order valence-corrected chi connectivity index (χ1v) is 2.87. The molecule has 2 nitrogen and oxygen atoms in total. The van der Waals surface area contributed by atoms with Crippen molar-refractivity contribution >= 4 is 0 Å². The van der Waals surface area contributed by atoms with Crippen LogP contribution in [0, 0.1) is 0 Å². The fraction of sp³-hybridized carbons (Fsp3) is 1.00. The Morgan fingerprint density at radius 2 is 2.29 bits per heavy atom. The van der Waals surface area contributed by atoms with Gasteiger partial charge in [0.2, 0.25) is 0 Å². The van der Waals surface area contributed by atoms with Gasteiger partial charge in [-0.15, -0.1) is 0 Å². The van der Waals surface area contributed by atoms with Crippen LogP contribution in [0.15, 0.2) is 0 Å². The molecule has 0 aromatic carbocycles. The van der Waals surface area contributed by atoms with Gasteiger partial charge in [-0.25, -0.2) is 0 Å². The zero-order chi connectivity index (χ0) is 5.11. The molecule has 2 heteroatoms. The highest BCUT2D eigenvalue weighted by Gasteiger charge is 2.23. The lowest BCUT2D eigenvalue weighted by Crippen LogP contribution is -2.86. The number of rotatable bonds is 3. The monoisotopic (exact) mass is 102 g/mol. The van der Waals surface area contributed by atoms with Crippen molar-refractivity contribution in [2.24, 2.45) is 0 Å². The molecule has 0 radical (unpaired) electrons. The summed E-state index contributed by atoms with van der Waals surface area (Å²) in [6.07, 6.45) is 2.72. The molecule has 0 bridgehead atoms. The minimum atomic E-state index is 0.330. The van der Waals surface area contributed by atoms with Gasteiger partial charge in [0.15, 0.2) is 0 Å². The van der Waals surface area contributed by atoms with Crippen LogP contribution in [0.3, 0.4) is 0 Å². The molecular formula is C5H12NO+. The highest BCUT2D eigenvalue weighted by Crippen LogP contribution is 2.12. The largest absolute Gasteiger partial charge is 0.391 e. The maximum absolute atomic E-state index is 8.31. The van der Waals surface area contributed by atoms with Crippen molar-refractivity contribution in [1.82, 2.24) is 0 Å². The molecule has 0 amide bonds. The molecule has 1 saturated carbocycles. The summed E-state index contributed by atoms with van der Waals surface area (Å²) in [6.45, 7) is 1.22. The van der Waals surface area contributed by atoms with Gasteiger partial charge in [0.25, 0.3) is 0 Å². The van der Waals surface area contributed by atoms with Crippen molar-refractivity contribution in [3.63, 3.8) is 0 Å². The van der Waals surface area contributed by atoms with Crippen molar-refractivity contribution in [2.75, 3.05) is 13.2 Å². The molecule has 7 heavy (non-hydrogen) atoms. The second-order valence-electron chi connectivity index (χ2n) is 2.09. The molecule has 0 aliphatic heterocycles. The fourth-order valence-corrected chi connectivity index (χ4v) is 0.642. The number of nitrogens with two attached hydrogens (primary N) is 1. The highest BCUT2D eigenvalue weighted by molar-refractivity contribution is 4.68. The zero-order valence-electron chi connectivity index (χ0n) is 4.43. The van der Waals surface area contributed by atoms with E-state index in [9.17, 15) is 0 Å². The van der Waals surface area contributed by atoms with E-state index in [-0.39, 0.29) is 0 Å². The molecule has 0 aromatic heterocycles. The number of hydrogen-bond donors (Lipinski definition) is 2. The third-order valence-corrected chi connectivity index (χ3v) is 1.25. The van der Waals surface area contributed by atoms with Gasteiger partial charge in [-0.05, 0) is 0 Å². The van der Waals surface area contributed by atoms with Gasteiger partial charge in [-0.3, -0.25) is 0 Å². The third-order valence-electron chi connectivity index (χ3n) is 1.25. The van der Waals surface area contributed by atoms with E-state index < -0.39 is 0 Å². The van der Waals surface area contributed by atoms with Gasteiger partial charge in [-0.2, -0.15) is 0 Å². The molecule has 0 heterocycles. The van der Waals surface area contributed by atoms with Gasteiger partial charge >= 0.3 is 0 Å². The van der Waals surface area contributed by atoms with Crippen LogP contribution < -0.4 is 5.32 Å². The minimum Gasteiger partial charge on any atom is -0.391 e. The Morgan fingerprint density at radius 3 is 2.71 bits per heavy atom. The van der Waals surface area contributed by atoms with Gasteiger partial charge in [0.05, 0.1) is 19.2 Å². The first kappa shape index (κ1) is 5.06. The fourth-order valence-electron chi connectivity index (χ4n) is 0.642. The lowest BCUT2D eigenvalue weighted by molar-refractivity contribution is -0.669. The summed E-state index contributed by atoms with van der Waals surface area (Å²) in [7, 11) is 0. The van der Waals surface area contributed by atoms with Crippen LogP contribution >= 0.6 is 0 Å². The van der Waals surface area contributed by atoms with Gasteiger partial charge in [0, 0.05) is 12.8 Å². The quantitative estimate of drug-likeness (QED) is 0.457. The van der Waals surface area contributed by atoms with E-state index in [1.807, 2.05) is 0 Å². The second kappa shape index (κ2) is 2.28. The van der Waals surface area contributed by atoms with E-state index in [0.29, 0.717) is 6.61 Å². The smallest absolute Gasteiger partial charge is 0.0992 e. The third kappa shape index (κ3) is 1.90. The minimum absolute atomic E-state index is 0.330. The van der Waals surface area contributed by atoms with E-state index in [2.05, 4.69) is 5.32 Å². The number of aliphatic hydroxyl groups is 1. The number of quaternary nitrogens is 1. The molecule has 1 fully saturated rings. The molecular weight excluding hydrogens is 90.1 g/mol. The predicted octanol–water partition coefficient (Wildman–Crippen LogP) is -1.30. The lowest BCUT2D eigenvalue weighted by Gasteiger charge is -1.90. The molecule has 0 unspecified atom stereocenters. The maximum Gasteiger partial charge on any atom is 0.0992 e. The summed E-state index contributed by atoms with van der Waals surface area (Å²) in [6, 6.07) is 0.868. The molecule has 42 valence electrons. The van der Waals surface area contributed by atoms with Crippen molar-refractivity contribution in [1.29, 1.82) is 0 Å². The predicted molar refractivity (Wildman–Crippen MR) is 26.9 cm³/mol. The molecule has 3 N–H and O–H groups in total. The second-order valence-corrected chi connectivity index (χ2v) is 2.09. The van der Waals surface area contributed by atoms with E-state index >= 15 is 0 Å². The van der Waals surface area contributed by atoms with Crippen LogP contribution in [0.25, 0.3) is 0 Å². The Morgan fingerprint density at radius 1 is 1.57 bits per heavy atom. The zero-order valence-corrected chi connectivity index (χ0v) is 4.43. The summed E-state index contributed by atoms with van der Waals surface area (Å²) < 4.78 is 0. The van der Waals surface area contributed by atoms with Crippen LogP contribution in [0.1, 0.15) is 12.8 Å².